The highest BCUT2D eigenvalue weighted by atomic mass is 35.5. The van der Waals surface area contributed by atoms with Crippen molar-refractivity contribution in [1.82, 2.24) is 0 Å². The first kappa shape index (κ1) is 8.34. The van der Waals surface area contributed by atoms with E-state index >= 15 is 0 Å². The number of halogens is 1. The van der Waals surface area contributed by atoms with E-state index in [1.54, 1.807) is 6.08 Å². The Labute approximate surface area is 70.7 Å². The zero-order chi connectivity index (χ0) is 8.27. The van der Waals surface area contributed by atoms with Gasteiger partial charge in [0.25, 0.3) is 0 Å². The third-order valence-corrected chi connectivity index (χ3v) is 2.07. The van der Waals surface area contributed by atoms with Crippen molar-refractivity contribution in [3.05, 3.63) is 23.8 Å². The van der Waals surface area contributed by atoms with Crippen LogP contribution in [0.4, 0.5) is 0 Å². The molecule has 0 aromatic carbocycles. The molecule has 1 unspecified atom stereocenters. The van der Waals surface area contributed by atoms with Crippen LogP contribution in [0.3, 0.4) is 0 Å². The van der Waals surface area contributed by atoms with Crippen LogP contribution in [0.2, 0.25) is 0 Å². The van der Waals surface area contributed by atoms with Gasteiger partial charge in [-0.15, -0.1) is 11.6 Å². The number of primary amides is 1. The third-order valence-electron chi connectivity index (χ3n) is 1.67. The monoisotopic (exact) mass is 171 g/mol. The second-order valence-electron chi connectivity index (χ2n) is 2.53. The largest absolute Gasteiger partial charge is 0.366 e. The van der Waals surface area contributed by atoms with E-state index in [1.165, 1.54) is 0 Å². The Balaban J connectivity index is 2.60. The molecule has 0 bridgehead atoms. The maximum Gasteiger partial charge on any atom is 0.248 e. The van der Waals surface area contributed by atoms with Crippen molar-refractivity contribution in [3.63, 3.8) is 0 Å². The third kappa shape index (κ3) is 2.09. The number of hydrogen-bond donors (Lipinski definition) is 1. The first-order valence-corrected chi connectivity index (χ1v) is 4.01. The molecule has 1 rings (SSSR count). The molecule has 1 amide bonds. The molecule has 0 saturated heterocycles. The molecule has 0 aliphatic heterocycles. The summed E-state index contributed by atoms with van der Waals surface area (Å²) in [6, 6.07) is 0. The number of nitrogens with two attached hydrogens (primary N) is 1. The van der Waals surface area contributed by atoms with Gasteiger partial charge in [-0.25, -0.2) is 0 Å². The van der Waals surface area contributed by atoms with E-state index in [1.807, 2.05) is 12.2 Å². The quantitative estimate of drug-likeness (QED) is 0.624. The summed E-state index contributed by atoms with van der Waals surface area (Å²) in [7, 11) is 0. The van der Waals surface area contributed by atoms with Crippen LogP contribution in [0, 0.1) is 5.92 Å². The number of carbonyl (C=O) groups excluding carboxylic acids is 1. The Bertz CT molecular complexity index is 220. The fourth-order valence-corrected chi connectivity index (χ4v) is 1.19. The molecule has 0 aromatic rings. The topological polar surface area (TPSA) is 43.1 Å². The van der Waals surface area contributed by atoms with E-state index < -0.39 is 0 Å². The maximum atomic E-state index is 10.6. The lowest BCUT2D eigenvalue weighted by Crippen LogP contribution is -2.15. The summed E-state index contributed by atoms with van der Waals surface area (Å²) in [5.74, 6) is 0.591. The molecule has 11 heavy (non-hydrogen) atoms. The number of amides is 1. The second kappa shape index (κ2) is 3.58. The van der Waals surface area contributed by atoms with E-state index in [9.17, 15) is 4.79 Å². The maximum absolute atomic E-state index is 10.6. The van der Waals surface area contributed by atoms with Gasteiger partial charge in [0.1, 0.15) is 0 Å². The van der Waals surface area contributed by atoms with Crippen LogP contribution < -0.4 is 5.73 Å². The molecule has 0 spiro atoms. The minimum atomic E-state index is -0.366. The molecule has 0 aromatic heterocycles. The van der Waals surface area contributed by atoms with Crippen LogP contribution in [-0.2, 0) is 4.79 Å². The zero-order valence-corrected chi connectivity index (χ0v) is 6.84. The summed E-state index contributed by atoms with van der Waals surface area (Å²) in [5, 5.41) is 0. The van der Waals surface area contributed by atoms with Gasteiger partial charge in [-0.3, -0.25) is 4.79 Å². The zero-order valence-electron chi connectivity index (χ0n) is 6.09. The summed E-state index contributed by atoms with van der Waals surface area (Å²) in [5.41, 5.74) is 5.65. The van der Waals surface area contributed by atoms with Crippen molar-refractivity contribution in [3.8, 4) is 0 Å². The van der Waals surface area contributed by atoms with Crippen molar-refractivity contribution in [2.24, 2.45) is 11.7 Å². The van der Waals surface area contributed by atoms with Gasteiger partial charge in [0.05, 0.1) is 0 Å². The Morgan fingerprint density at radius 3 is 2.91 bits per heavy atom. The highest BCUT2D eigenvalue weighted by Crippen LogP contribution is 2.16. The van der Waals surface area contributed by atoms with Gasteiger partial charge in [0.15, 0.2) is 0 Å². The average Bonchev–Trinajstić information content (AvgIpc) is 2.05. The van der Waals surface area contributed by atoms with Crippen molar-refractivity contribution in [2.45, 2.75) is 6.42 Å². The van der Waals surface area contributed by atoms with E-state index in [0.717, 1.165) is 6.42 Å². The van der Waals surface area contributed by atoms with Gasteiger partial charge in [0.2, 0.25) is 5.91 Å². The summed E-state index contributed by atoms with van der Waals surface area (Å²) < 4.78 is 0. The van der Waals surface area contributed by atoms with Crippen molar-refractivity contribution in [2.75, 3.05) is 5.88 Å². The molecule has 0 heterocycles. The molecule has 60 valence electrons. The molecule has 1 aliphatic carbocycles. The Morgan fingerprint density at radius 2 is 2.55 bits per heavy atom. The van der Waals surface area contributed by atoms with Gasteiger partial charge < -0.3 is 5.73 Å². The van der Waals surface area contributed by atoms with Crippen LogP contribution in [0.15, 0.2) is 23.8 Å². The Kier molecular flexibility index (Phi) is 2.71. The van der Waals surface area contributed by atoms with E-state index in [-0.39, 0.29) is 5.91 Å². The molecule has 2 nitrogen and oxygen atoms in total. The number of rotatable bonds is 2. The Hall–Kier alpha value is -0.760. The average molecular weight is 172 g/mol. The van der Waals surface area contributed by atoms with Crippen molar-refractivity contribution in [1.29, 1.82) is 0 Å². The van der Waals surface area contributed by atoms with Crippen molar-refractivity contribution >= 4 is 17.5 Å². The lowest BCUT2D eigenvalue weighted by Gasteiger charge is -2.10. The fourth-order valence-electron chi connectivity index (χ4n) is 0.962. The minimum absolute atomic E-state index is 0.361. The van der Waals surface area contributed by atoms with Gasteiger partial charge in [0, 0.05) is 11.5 Å². The summed E-state index contributed by atoms with van der Waals surface area (Å²) in [6.07, 6.45) is 6.31. The first-order valence-electron chi connectivity index (χ1n) is 3.48. The highest BCUT2D eigenvalue weighted by Gasteiger charge is 2.09. The number of hydrogen-bond acceptors (Lipinski definition) is 1. The van der Waals surface area contributed by atoms with Gasteiger partial charge >= 0.3 is 0 Å². The fraction of sp³-hybridized carbons (Fsp3) is 0.375. The second-order valence-corrected chi connectivity index (χ2v) is 2.84. The molecule has 1 atom stereocenters. The van der Waals surface area contributed by atoms with Crippen LogP contribution >= 0.6 is 11.6 Å². The normalized spacial score (nSPS) is 23.0. The predicted octanol–water partition coefficient (Wildman–Crippen LogP) is 1.21. The number of allylic oxidation sites excluding steroid dienone is 2. The SMILES string of the molecule is NC(=O)C1=CCC(CCl)C=C1. The number of carbonyl (C=O) groups is 1. The van der Waals surface area contributed by atoms with Crippen LogP contribution in [0.25, 0.3) is 0 Å². The lowest BCUT2D eigenvalue weighted by atomic mass is 9.98. The van der Waals surface area contributed by atoms with E-state index in [2.05, 4.69) is 0 Å². The molecular weight excluding hydrogens is 162 g/mol. The predicted molar refractivity (Wildman–Crippen MR) is 45.2 cm³/mol. The summed E-state index contributed by atoms with van der Waals surface area (Å²) in [6.45, 7) is 0. The van der Waals surface area contributed by atoms with Gasteiger partial charge in [-0.1, -0.05) is 18.2 Å². The van der Waals surface area contributed by atoms with E-state index in [4.69, 9.17) is 17.3 Å². The van der Waals surface area contributed by atoms with Crippen LogP contribution in [0.5, 0.6) is 0 Å². The Morgan fingerprint density at radius 1 is 1.82 bits per heavy atom. The van der Waals surface area contributed by atoms with Crippen LogP contribution in [-0.4, -0.2) is 11.8 Å². The van der Waals surface area contributed by atoms with Crippen LogP contribution in [0.1, 0.15) is 6.42 Å². The molecule has 3 heteroatoms. The molecule has 0 fully saturated rings. The standard InChI is InChI=1S/C8H10ClNO/c9-5-6-1-3-7(4-2-6)8(10)11/h1,3-4,6H,2,5H2,(H2,10,11). The molecule has 2 N–H and O–H groups in total. The summed E-state index contributed by atoms with van der Waals surface area (Å²) in [4.78, 5) is 10.6. The molecule has 1 aliphatic rings. The molecule has 0 radical (unpaired) electrons. The van der Waals surface area contributed by atoms with Gasteiger partial charge in [-0.2, -0.15) is 0 Å². The van der Waals surface area contributed by atoms with E-state index in [0.29, 0.717) is 17.4 Å². The van der Waals surface area contributed by atoms with Crippen molar-refractivity contribution < 1.29 is 4.79 Å². The molecule has 0 saturated carbocycles. The lowest BCUT2D eigenvalue weighted by molar-refractivity contribution is -0.114. The highest BCUT2D eigenvalue weighted by molar-refractivity contribution is 6.18. The van der Waals surface area contributed by atoms with Gasteiger partial charge in [-0.05, 0) is 12.3 Å². The molecular formula is C8H10ClNO. The first-order chi connectivity index (χ1) is 5.24. The smallest absolute Gasteiger partial charge is 0.248 e. The minimum Gasteiger partial charge on any atom is -0.366 e. The number of alkyl halides is 1. The summed E-state index contributed by atoms with van der Waals surface area (Å²) >= 11 is 5.61.